The van der Waals surface area contributed by atoms with Crippen LogP contribution in [-0.2, 0) is 9.31 Å². The third-order valence-corrected chi connectivity index (χ3v) is 5.74. The Kier molecular flexibility index (Phi) is 3.82. The molecule has 8 heteroatoms. The number of nitrogens with zero attached hydrogens (tertiary/aromatic N) is 2. The smallest absolute Gasteiger partial charge is 0.465 e. The summed E-state index contributed by atoms with van der Waals surface area (Å²) in [6, 6.07) is 5.32. The standard InChI is InChI=1S/C18H23BN2O5/c1-17(2)18(3,4)26-19(25-17)11-7-8-14-12(10-11)20-15(24-14)13-6-5-9-21(13)16(22)23/h7-8,10,13H,5-6,9H2,1-4H3,(H,22,23). The van der Waals surface area contributed by atoms with Crippen LogP contribution in [0.25, 0.3) is 11.1 Å². The minimum atomic E-state index is -0.937. The van der Waals surface area contributed by atoms with Gasteiger partial charge in [-0.05, 0) is 58.1 Å². The largest absolute Gasteiger partial charge is 0.494 e. The Morgan fingerprint density at radius 2 is 1.96 bits per heavy atom. The number of oxazole rings is 1. The van der Waals surface area contributed by atoms with E-state index in [1.165, 1.54) is 4.90 Å². The van der Waals surface area contributed by atoms with Crippen molar-refractivity contribution in [3.8, 4) is 0 Å². The SMILES string of the molecule is CC1(C)OB(c2ccc3oc(C4CCCN4C(=O)O)nc3c2)OC1(C)C. The molecule has 0 saturated carbocycles. The molecule has 1 amide bonds. The second kappa shape index (κ2) is 5.72. The van der Waals surface area contributed by atoms with Gasteiger partial charge in [0, 0.05) is 6.54 Å². The van der Waals surface area contributed by atoms with Gasteiger partial charge in [-0.15, -0.1) is 0 Å². The number of rotatable bonds is 2. The van der Waals surface area contributed by atoms with Crippen LogP contribution < -0.4 is 5.46 Å². The van der Waals surface area contributed by atoms with E-state index in [-0.39, 0.29) is 6.04 Å². The maximum atomic E-state index is 11.4. The molecule has 1 N–H and O–H groups in total. The third kappa shape index (κ3) is 2.68. The first kappa shape index (κ1) is 17.4. The van der Waals surface area contributed by atoms with Gasteiger partial charge in [0.15, 0.2) is 5.58 Å². The van der Waals surface area contributed by atoms with Crippen LogP contribution in [0.15, 0.2) is 22.6 Å². The van der Waals surface area contributed by atoms with E-state index in [4.69, 9.17) is 13.7 Å². The fourth-order valence-corrected chi connectivity index (χ4v) is 3.48. The van der Waals surface area contributed by atoms with Crippen LogP contribution >= 0.6 is 0 Å². The molecule has 2 aliphatic heterocycles. The van der Waals surface area contributed by atoms with E-state index in [0.29, 0.717) is 23.5 Å². The lowest BCUT2D eigenvalue weighted by molar-refractivity contribution is 0.00578. The van der Waals surface area contributed by atoms with E-state index in [9.17, 15) is 9.90 Å². The van der Waals surface area contributed by atoms with Gasteiger partial charge in [-0.25, -0.2) is 9.78 Å². The van der Waals surface area contributed by atoms with Crippen LogP contribution in [0.4, 0.5) is 4.79 Å². The minimum absolute atomic E-state index is 0.319. The predicted molar refractivity (Wildman–Crippen MR) is 96.4 cm³/mol. The van der Waals surface area contributed by atoms with E-state index in [1.807, 2.05) is 45.9 Å². The number of likely N-dealkylation sites (tertiary alicyclic amines) is 1. The number of aromatic nitrogens is 1. The molecule has 0 spiro atoms. The van der Waals surface area contributed by atoms with E-state index in [1.54, 1.807) is 0 Å². The summed E-state index contributed by atoms with van der Waals surface area (Å²) in [5.74, 6) is 0.450. The molecule has 2 aliphatic rings. The lowest BCUT2D eigenvalue weighted by atomic mass is 9.79. The highest BCUT2D eigenvalue weighted by atomic mass is 16.7. The first-order chi connectivity index (χ1) is 12.2. The summed E-state index contributed by atoms with van der Waals surface area (Å²) in [4.78, 5) is 17.3. The van der Waals surface area contributed by atoms with Crippen molar-refractivity contribution in [2.24, 2.45) is 0 Å². The van der Waals surface area contributed by atoms with Crippen molar-refractivity contribution in [1.82, 2.24) is 9.88 Å². The lowest BCUT2D eigenvalue weighted by Crippen LogP contribution is -2.41. The van der Waals surface area contributed by atoms with Gasteiger partial charge in [-0.2, -0.15) is 0 Å². The van der Waals surface area contributed by atoms with Gasteiger partial charge >= 0.3 is 13.2 Å². The van der Waals surface area contributed by atoms with Crippen LogP contribution in [0.2, 0.25) is 0 Å². The van der Waals surface area contributed by atoms with Gasteiger partial charge in [-0.1, -0.05) is 6.07 Å². The molecule has 7 nitrogen and oxygen atoms in total. The van der Waals surface area contributed by atoms with Crippen molar-refractivity contribution in [3.63, 3.8) is 0 Å². The highest BCUT2D eigenvalue weighted by Crippen LogP contribution is 2.37. The summed E-state index contributed by atoms with van der Waals surface area (Å²) in [5.41, 5.74) is 1.38. The van der Waals surface area contributed by atoms with Crippen LogP contribution in [-0.4, -0.2) is 45.9 Å². The van der Waals surface area contributed by atoms with Crippen LogP contribution in [0.3, 0.4) is 0 Å². The summed E-state index contributed by atoms with van der Waals surface area (Å²) >= 11 is 0. The molecule has 2 fully saturated rings. The number of hydrogen-bond donors (Lipinski definition) is 1. The fraction of sp³-hybridized carbons (Fsp3) is 0.556. The van der Waals surface area contributed by atoms with Gasteiger partial charge in [0.05, 0.1) is 11.2 Å². The van der Waals surface area contributed by atoms with Crippen LogP contribution in [0.5, 0.6) is 0 Å². The molecule has 0 radical (unpaired) electrons. The summed E-state index contributed by atoms with van der Waals surface area (Å²) in [6.07, 6.45) is 0.602. The average Bonchev–Trinajstić information content (AvgIpc) is 3.23. The average molecular weight is 358 g/mol. The van der Waals surface area contributed by atoms with Crippen LogP contribution in [0, 0.1) is 0 Å². The van der Waals surface area contributed by atoms with Crippen molar-refractivity contribution in [2.45, 2.75) is 57.8 Å². The number of amides is 1. The van der Waals surface area contributed by atoms with E-state index < -0.39 is 24.4 Å². The molecular formula is C18H23BN2O5. The molecule has 1 atom stereocenters. The highest BCUT2D eigenvalue weighted by molar-refractivity contribution is 6.62. The Balaban J connectivity index is 1.64. The first-order valence-corrected chi connectivity index (χ1v) is 8.93. The van der Waals surface area contributed by atoms with E-state index in [2.05, 4.69) is 4.98 Å². The van der Waals surface area contributed by atoms with E-state index in [0.717, 1.165) is 18.3 Å². The van der Waals surface area contributed by atoms with Crippen molar-refractivity contribution in [3.05, 3.63) is 24.1 Å². The topological polar surface area (TPSA) is 85.0 Å². The maximum absolute atomic E-state index is 11.4. The summed E-state index contributed by atoms with van der Waals surface area (Å²) in [7, 11) is -0.466. The van der Waals surface area contributed by atoms with Crippen molar-refractivity contribution in [2.75, 3.05) is 6.54 Å². The predicted octanol–water partition coefficient (Wildman–Crippen LogP) is 2.94. The maximum Gasteiger partial charge on any atom is 0.494 e. The Morgan fingerprint density at radius 3 is 2.62 bits per heavy atom. The Bertz CT molecular complexity index is 846. The van der Waals surface area contributed by atoms with Gasteiger partial charge in [0.2, 0.25) is 5.89 Å². The van der Waals surface area contributed by atoms with Crippen molar-refractivity contribution in [1.29, 1.82) is 0 Å². The molecule has 26 heavy (non-hydrogen) atoms. The quantitative estimate of drug-likeness (QED) is 0.831. The third-order valence-electron chi connectivity index (χ3n) is 5.74. The molecule has 2 saturated heterocycles. The lowest BCUT2D eigenvalue weighted by Gasteiger charge is -2.32. The zero-order valence-electron chi connectivity index (χ0n) is 15.5. The zero-order chi connectivity index (χ0) is 18.7. The molecule has 138 valence electrons. The van der Waals surface area contributed by atoms with Gasteiger partial charge in [0.1, 0.15) is 11.6 Å². The Labute approximate surface area is 152 Å². The van der Waals surface area contributed by atoms with Crippen molar-refractivity contribution < 1.29 is 23.6 Å². The summed E-state index contributed by atoms with van der Waals surface area (Å²) in [5, 5.41) is 9.33. The second-order valence-electron chi connectivity index (χ2n) is 8.00. The molecule has 1 unspecified atom stereocenters. The summed E-state index contributed by atoms with van der Waals surface area (Å²) < 4.78 is 18.0. The van der Waals surface area contributed by atoms with Gasteiger partial charge < -0.3 is 18.8 Å². The summed E-state index contributed by atoms with van der Waals surface area (Å²) in [6.45, 7) is 8.57. The molecular weight excluding hydrogens is 335 g/mol. The molecule has 4 rings (SSSR count). The minimum Gasteiger partial charge on any atom is -0.465 e. The molecule has 1 aromatic heterocycles. The first-order valence-electron chi connectivity index (χ1n) is 8.93. The fourth-order valence-electron chi connectivity index (χ4n) is 3.48. The highest BCUT2D eigenvalue weighted by Gasteiger charge is 2.51. The number of fused-ring (bicyclic) bond motifs is 1. The molecule has 2 aromatic rings. The monoisotopic (exact) mass is 358 g/mol. The number of carboxylic acid groups (broad SMARTS) is 1. The molecule has 0 aliphatic carbocycles. The normalized spacial score (nSPS) is 24.5. The van der Waals surface area contributed by atoms with E-state index >= 15 is 0 Å². The van der Waals surface area contributed by atoms with Gasteiger partial charge in [-0.3, -0.25) is 4.90 Å². The number of hydrogen-bond acceptors (Lipinski definition) is 5. The van der Waals surface area contributed by atoms with Crippen LogP contribution in [0.1, 0.15) is 52.5 Å². The molecule has 1 aromatic carbocycles. The second-order valence-corrected chi connectivity index (χ2v) is 8.00. The molecule has 0 bridgehead atoms. The zero-order valence-corrected chi connectivity index (χ0v) is 15.5. The Morgan fingerprint density at radius 1 is 1.27 bits per heavy atom. The molecule has 3 heterocycles. The number of carbonyl (C=O) groups is 1. The Hall–Kier alpha value is -2.06. The van der Waals surface area contributed by atoms with Crippen molar-refractivity contribution >= 4 is 29.8 Å². The number of benzene rings is 1. The van der Waals surface area contributed by atoms with Gasteiger partial charge in [0.25, 0.3) is 0 Å².